The lowest BCUT2D eigenvalue weighted by Gasteiger charge is -2.08. The van der Waals surface area contributed by atoms with E-state index in [0.29, 0.717) is 6.42 Å². The van der Waals surface area contributed by atoms with Gasteiger partial charge in [0.15, 0.2) is 11.6 Å². The van der Waals surface area contributed by atoms with Gasteiger partial charge >= 0.3 is 0 Å². The summed E-state index contributed by atoms with van der Waals surface area (Å²) in [7, 11) is 0. The number of aliphatic hydroxyl groups is 1. The van der Waals surface area contributed by atoms with Crippen LogP contribution in [0.15, 0.2) is 30.9 Å². The van der Waals surface area contributed by atoms with Crippen molar-refractivity contribution in [1.29, 1.82) is 0 Å². The molecule has 3 heteroatoms. The second-order valence-corrected chi connectivity index (χ2v) is 3.10. The molecule has 1 aromatic carbocycles. The molecule has 76 valence electrons. The van der Waals surface area contributed by atoms with E-state index in [1.807, 2.05) is 0 Å². The highest BCUT2D eigenvalue weighted by Gasteiger charge is 2.10. The Morgan fingerprint density at radius 3 is 2.79 bits per heavy atom. The molecule has 0 aliphatic rings. The minimum Gasteiger partial charge on any atom is -0.392 e. The first kappa shape index (κ1) is 10.9. The van der Waals surface area contributed by atoms with Crippen LogP contribution in [0.3, 0.4) is 0 Å². The van der Waals surface area contributed by atoms with Gasteiger partial charge in [-0.1, -0.05) is 18.2 Å². The maximum absolute atomic E-state index is 13.1. The average molecular weight is 198 g/mol. The molecule has 14 heavy (non-hydrogen) atoms. The van der Waals surface area contributed by atoms with Crippen molar-refractivity contribution >= 4 is 0 Å². The van der Waals surface area contributed by atoms with Crippen LogP contribution >= 0.6 is 0 Å². The first-order valence-corrected chi connectivity index (χ1v) is 4.37. The quantitative estimate of drug-likeness (QED) is 0.737. The molecule has 1 rings (SSSR count). The lowest BCUT2D eigenvalue weighted by atomic mass is 10.1. The summed E-state index contributed by atoms with van der Waals surface area (Å²) in [5.74, 6) is -1.76. The lowest BCUT2D eigenvalue weighted by molar-refractivity contribution is 0.177. The Labute approximate surface area is 81.7 Å². The molecule has 0 spiro atoms. The number of hydrogen-bond acceptors (Lipinski definition) is 1. The molecule has 1 atom stereocenters. The van der Waals surface area contributed by atoms with Crippen LogP contribution in [0.4, 0.5) is 8.78 Å². The van der Waals surface area contributed by atoms with Crippen molar-refractivity contribution in [3.8, 4) is 0 Å². The van der Waals surface area contributed by atoms with E-state index in [4.69, 9.17) is 0 Å². The first-order chi connectivity index (χ1) is 6.65. The van der Waals surface area contributed by atoms with Crippen molar-refractivity contribution < 1.29 is 13.9 Å². The number of hydrogen-bond donors (Lipinski definition) is 1. The Kier molecular flexibility index (Phi) is 3.77. The molecule has 0 aliphatic carbocycles. The maximum atomic E-state index is 13.1. The molecule has 1 aromatic rings. The zero-order valence-electron chi connectivity index (χ0n) is 7.71. The fourth-order valence-corrected chi connectivity index (χ4v) is 1.24. The summed E-state index contributed by atoms with van der Waals surface area (Å²) < 4.78 is 25.8. The topological polar surface area (TPSA) is 20.2 Å². The fourth-order valence-electron chi connectivity index (χ4n) is 1.24. The maximum Gasteiger partial charge on any atom is 0.162 e. The van der Waals surface area contributed by atoms with Gasteiger partial charge in [0.1, 0.15) is 0 Å². The molecule has 0 bridgehead atoms. The summed E-state index contributed by atoms with van der Waals surface area (Å²) in [6, 6.07) is 3.94. The summed E-state index contributed by atoms with van der Waals surface area (Å²) >= 11 is 0. The summed E-state index contributed by atoms with van der Waals surface area (Å²) in [6.45, 7) is 3.45. The van der Waals surface area contributed by atoms with Crippen molar-refractivity contribution in [2.45, 2.75) is 18.9 Å². The molecular formula is C11H12F2O. The Morgan fingerprint density at radius 1 is 1.43 bits per heavy atom. The summed E-state index contributed by atoms with van der Waals surface area (Å²) in [6.07, 6.45) is 1.32. The van der Waals surface area contributed by atoms with Crippen LogP contribution in [-0.2, 0) is 6.42 Å². The standard InChI is InChI=1S/C11H12F2O/c1-2-4-9(14)7-8-5-3-6-10(12)11(8)13/h2-3,5-6,9,14H,1,4,7H2. The van der Waals surface area contributed by atoms with Gasteiger partial charge in [-0.05, 0) is 18.1 Å². The van der Waals surface area contributed by atoms with Gasteiger partial charge < -0.3 is 5.11 Å². The Hall–Kier alpha value is -1.22. The SMILES string of the molecule is C=CCC(O)Cc1cccc(F)c1F. The van der Waals surface area contributed by atoms with E-state index in [1.54, 1.807) is 6.08 Å². The molecule has 0 heterocycles. The van der Waals surface area contributed by atoms with Gasteiger partial charge in [-0.2, -0.15) is 0 Å². The predicted molar refractivity (Wildman–Crippen MR) is 50.9 cm³/mol. The van der Waals surface area contributed by atoms with Crippen LogP contribution in [0.1, 0.15) is 12.0 Å². The van der Waals surface area contributed by atoms with Crippen LogP contribution < -0.4 is 0 Å². The molecule has 0 fully saturated rings. The van der Waals surface area contributed by atoms with Crippen molar-refractivity contribution in [2.24, 2.45) is 0 Å². The van der Waals surface area contributed by atoms with Gasteiger partial charge in [0, 0.05) is 6.42 Å². The van der Waals surface area contributed by atoms with E-state index < -0.39 is 17.7 Å². The third-order valence-electron chi connectivity index (χ3n) is 1.93. The first-order valence-electron chi connectivity index (χ1n) is 4.37. The number of halogens is 2. The highest BCUT2D eigenvalue weighted by atomic mass is 19.2. The smallest absolute Gasteiger partial charge is 0.162 e. The van der Waals surface area contributed by atoms with Crippen molar-refractivity contribution in [3.63, 3.8) is 0 Å². The van der Waals surface area contributed by atoms with E-state index in [2.05, 4.69) is 6.58 Å². The molecule has 1 N–H and O–H groups in total. The van der Waals surface area contributed by atoms with Crippen LogP contribution in [0.25, 0.3) is 0 Å². The van der Waals surface area contributed by atoms with Crippen LogP contribution in [-0.4, -0.2) is 11.2 Å². The Balaban J connectivity index is 2.76. The van der Waals surface area contributed by atoms with E-state index in [-0.39, 0.29) is 12.0 Å². The minimum atomic E-state index is -0.881. The number of benzene rings is 1. The third-order valence-corrected chi connectivity index (χ3v) is 1.93. The van der Waals surface area contributed by atoms with Gasteiger partial charge in [0.2, 0.25) is 0 Å². The molecular weight excluding hydrogens is 186 g/mol. The summed E-state index contributed by atoms with van der Waals surface area (Å²) in [5, 5.41) is 9.36. The van der Waals surface area contributed by atoms with Crippen LogP contribution in [0.2, 0.25) is 0 Å². The van der Waals surface area contributed by atoms with Crippen LogP contribution in [0, 0.1) is 11.6 Å². The van der Waals surface area contributed by atoms with E-state index in [9.17, 15) is 13.9 Å². The van der Waals surface area contributed by atoms with E-state index >= 15 is 0 Å². The van der Waals surface area contributed by atoms with E-state index in [1.165, 1.54) is 12.1 Å². The van der Waals surface area contributed by atoms with Crippen LogP contribution in [0.5, 0.6) is 0 Å². The number of rotatable bonds is 4. The van der Waals surface area contributed by atoms with Gasteiger partial charge in [-0.15, -0.1) is 6.58 Å². The van der Waals surface area contributed by atoms with E-state index in [0.717, 1.165) is 6.07 Å². The normalized spacial score (nSPS) is 12.5. The van der Waals surface area contributed by atoms with Gasteiger partial charge in [-0.25, -0.2) is 8.78 Å². The summed E-state index contributed by atoms with van der Waals surface area (Å²) in [5.41, 5.74) is 0.194. The highest BCUT2D eigenvalue weighted by molar-refractivity contribution is 5.19. The largest absolute Gasteiger partial charge is 0.392 e. The average Bonchev–Trinajstić information content (AvgIpc) is 2.13. The summed E-state index contributed by atoms with van der Waals surface area (Å²) in [4.78, 5) is 0. The number of aliphatic hydroxyl groups excluding tert-OH is 1. The monoisotopic (exact) mass is 198 g/mol. The van der Waals surface area contributed by atoms with Crippen molar-refractivity contribution in [3.05, 3.63) is 48.1 Å². The lowest BCUT2D eigenvalue weighted by Crippen LogP contribution is -2.10. The molecule has 0 radical (unpaired) electrons. The third kappa shape index (κ3) is 2.64. The fraction of sp³-hybridized carbons (Fsp3) is 0.273. The van der Waals surface area contributed by atoms with Gasteiger partial charge in [-0.3, -0.25) is 0 Å². The molecule has 0 saturated heterocycles. The predicted octanol–water partition coefficient (Wildman–Crippen LogP) is 2.44. The van der Waals surface area contributed by atoms with Gasteiger partial charge in [0.25, 0.3) is 0 Å². The van der Waals surface area contributed by atoms with Gasteiger partial charge in [0.05, 0.1) is 6.10 Å². The molecule has 0 amide bonds. The molecule has 0 aromatic heterocycles. The molecule has 0 saturated carbocycles. The zero-order valence-corrected chi connectivity index (χ0v) is 7.71. The highest BCUT2D eigenvalue weighted by Crippen LogP contribution is 2.14. The van der Waals surface area contributed by atoms with Crippen molar-refractivity contribution in [2.75, 3.05) is 0 Å². The zero-order chi connectivity index (χ0) is 10.6. The second-order valence-electron chi connectivity index (χ2n) is 3.10. The molecule has 0 aliphatic heterocycles. The van der Waals surface area contributed by atoms with Crippen molar-refractivity contribution in [1.82, 2.24) is 0 Å². The molecule has 1 unspecified atom stereocenters. The minimum absolute atomic E-state index is 0.107. The Morgan fingerprint density at radius 2 is 2.14 bits per heavy atom. The molecule has 1 nitrogen and oxygen atoms in total. The second kappa shape index (κ2) is 4.86. The Bertz CT molecular complexity index is 323.